The third-order valence-corrected chi connectivity index (χ3v) is 2.24. The summed E-state index contributed by atoms with van der Waals surface area (Å²) in [6.45, 7) is 2.15. The molecule has 7 nitrogen and oxygen atoms in total. The molecule has 4 N–H and O–H groups in total. The molecular formula is C9H18N2O5. The van der Waals surface area contributed by atoms with E-state index in [2.05, 4.69) is 0 Å². The largest absolute Gasteiger partial charge is 0.449 e. The zero-order valence-corrected chi connectivity index (χ0v) is 9.52. The van der Waals surface area contributed by atoms with Crippen molar-refractivity contribution in [1.29, 1.82) is 0 Å². The molecule has 0 fully saturated rings. The zero-order chi connectivity index (χ0) is 12.6. The van der Waals surface area contributed by atoms with E-state index in [0.29, 0.717) is 6.42 Å². The Morgan fingerprint density at radius 1 is 1.06 bits per heavy atom. The predicted molar refractivity (Wildman–Crippen MR) is 55.7 cm³/mol. The van der Waals surface area contributed by atoms with Gasteiger partial charge in [-0.3, -0.25) is 0 Å². The molecule has 0 rings (SSSR count). The molecule has 0 aromatic heterocycles. The van der Waals surface area contributed by atoms with Crippen molar-refractivity contribution in [2.45, 2.75) is 13.3 Å². The van der Waals surface area contributed by atoms with E-state index in [9.17, 15) is 9.59 Å². The van der Waals surface area contributed by atoms with Crippen molar-refractivity contribution < 1.29 is 23.8 Å². The van der Waals surface area contributed by atoms with Crippen LogP contribution in [0, 0.1) is 5.41 Å². The molecule has 0 aromatic carbocycles. The number of rotatable bonds is 7. The highest BCUT2D eigenvalue weighted by atomic mass is 16.6. The maximum absolute atomic E-state index is 10.5. The van der Waals surface area contributed by atoms with Gasteiger partial charge >= 0.3 is 12.2 Å². The summed E-state index contributed by atoms with van der Waals surface area (Å²) in [7, 11) is 1.50. The average molecular weight is 234 g/mol. The van der Waals surface area contributed by atoms with Crippen LogP contribution in [0.2, 0.25) is 0 Å². The minimum absolute atomic E-state index is 0.0138. The summed E-state index contributed by atoms with van der Waals surface area (Å²) in [5.74, 6) is 0. The standard InChI is InChI=1S/C9H18N2O5/c1-3-9(4-14-2,5-15-7(10)12)6-16-8(11)13/h3-6H2,1-2H3,(H2,10,12)(H2,11,13). The molecule has 16 heavy (non-hydrogen) atoms. The van der Waals surface area contributed by atoms with Gasteiger partial charge in [0, 0.05) is 7.11 Å². The number of methoxy groups -OCH3 is 1. The van der Waals surface area contributed by atoms with Crippen LogP contribution in [0.1, 0.15) is 13.3 Å². The topological polar surface area (TPSA) is 114 Å². The van der Waals surface area contributed by atoms with Crippen molar-refractivity contribution >= 4 is 12.2 Å². The van der Waals surface area contributed by atoms with Gasteiger partial charge in [-0.25, -0.2) is 9.59 Å². The smallest absolute Gasteiger partial charge is 0.404 e. The SMILES string of the molecule is CCC(COC)(COC(N)=O)COC(N)=O. The molecule has 94 valence electrons. The molecule has 2 amide bonds. The molecule has 0 aromatic rings. The molecule has 0 saturated heterocycles. The first-order valence-corrected chi connectivity index (χ1v) is 4.79. The number of nitrogens with two attached hydrogens (primary N) is 2. The Labute approximate surface area is 94.0 Å². The first kappa shape index (κ1) is 14.5. The molecule has 0 aliphatic rings. The Kier molecular flexibility index (Phi) is 6.24. The monoisotopic (exact) mass is 234 g/mol. The fourth-order valence-corrected chi connectivity index (χ4v) is 1.19. The van der Waals surface area contributed by atoms with Gasteiger partial charge in [-0.1, -0.05) is 6.92 Å². The van der Waals surface area contributed by atoms with Crippen LogP contribution in [-0.2, 0) is 14.2 Å². The number of hydrogen-bond acceptors (Lipinski definition) is 5. The van der Waals surface area contributed by atoms with E-state index in [-0.39, 0.29) is 19.8 Å². The Balaban J connectivity index is 4.42. The summed E-state index contributed by atoms with van der Waals surface area (Å²) in [4.78, 5) is 21.1. The van der Waals surface area contributed by atoms with Crippen LogP contribution in [0.3, 0.4) is 0 Å². The van der Waals surface area contributed by atoms with E-state index in [1.165, 1.54) is 7.11 Å². The fourth-order valence-electron chi connectivity index (χ4n) is 1.19. The maximum Gasteiger partial charge on any atom is 0.404 e. The van der Waals surface area contributed by atoms with Crippen LogP contribution in [-0.4, -0.2) is 39.1 Å². The number of primary amides is 2. The highest BCUT2D eigenvalue weighted by Gasteiger charge is 2.31. The lowest BCUT2D eigenvalue weighted by Gasteiger charge is -2.30. The lowest BCUT2D eigenvalue weighted by molar-refractivity contribution is -0.0223. The number of carbonyl (C=O) groups excluding carboxylic acids is 2. The number of amides is 2. The second-order valence-corrected chi connectivity index (χ2v) is 3.50. The van der Waals surface area contributed by atoms with Crippen LogP contribution < -0.4 is 11.5 Å². The van der Waals surface area contributed by atoms with Gasteiger partial charge in [-0.05, 0) is 6.42 Å². The Morgan fingerprint density at radius 3 is 1.75 bits per heavy atom. The second kappa shape index (κ2) is 6.89. The summed E-state index contributed by atoms with van der Waals surface area (Å²) >= 11 is 0. The van der Waals surface area contributed by atoms with Crippen LogP contribution >= 0.6 is 0 Å². The Hall–Kier alpha value is -1.50. The normalized spacial score (nSPS) is 10.9. The van der Waals surface area contributed by atoms with E-state index < -0.39 is 17.6 Å². The van der Waals surface area contributed by atoms with Gasteiger partial charge in [0.15, 0.2) is 0 Å². The zero-order valence-electron chi connectivity index (χ0n) is 9.52. The summed E-state index contributed by atoms with van der Waals surface area (Å²) in [6, 6.07) is 0. The molecule has 0 aliphatic carbocycles. The Morgan fingerprint density at radius 2 is 1.50 bits per heavy atom. The molecule has 7 heteroatoms. The Bertz CT molecular complexity index is 226. The lowest BCUT2D eigenvalue weighted by Crippen LogP contribution is -2.39. The quantitative estimate of drug-likeness (QED) is 0.654. The number of carbonyl (C=O) groups is 2. The summed E-state index contributed by atoms with van der Waals surface area (Å²) in [5, 5.41) is 0. The van der Waals surface area contributed by atoms with E-state index >= 15 is 0 Å². The van der Waals surface area contributed by atoms with E-state index in [1.54, 1.807) is 0 Å². The van der Waals surface area contributed by atoms with Crippen molar-refractivity contribution in [2.75, 3.05) is 26.9 Å². The lowest BCUT2D eigenvalue weighted by atomic mass is 9.88. The van der Waals surface area contributed by atoms with Crippen LogP contribution in [0.5, 0.6) is 0 Å². The van der Waals surface area contributed by atoms with Crippen LogP contribution in [0.4, 0.5) is 9.59 Å². The third-order valence-electron chi connectivity index (χ3n) is 2.24. The number of ether oxygens (including phenoxy) is 3. The molecule has 0 atom stereocenters. The summed E-state index contributed by atoms with van der Waals surface area (Å²) in [6.07, 6.45) is -1.18. The summed E-state index contributed by atoms with van der Waals surface area (Å²) in [5.41, 5.74) is 9.13. The van der Waals surface area contributed by atoms with Crippen molar-refractivity contribution in [1.82, 2.24) is 0 Å². The van der Waals surface area contributed by atoms with Gasteiger partial charge in [0.25, 0.3) is 0 Å². The van der Waals surface area contributed by atoms with Crippen LogP contribution in [0.15, 0.2) is 0 Å². The summed E-state index contributed by atoms with van der Waals surface area (Å²) < 4.78 is 14.4. The molecule has 0 spiro atoms. The van der Waals surface area contributed by atoms with E-state index in [1.807, 2.05) is 6.92 Å². The van der Waals surface area contributed by atoms with E-state index in [4.69, 9.17) is 25.7 Å². The molecular weight excluding hydrogens is 216 g/mol. The highest BCUT2D eigenvalue weighted by Crippen LogP contribution is 2.23. The fraction of sp³-hybridized carbons (Fsp3) is 0.778. The van der Waals surface area contributed by atoms with Crippen molar-refractivity contribution in [3.63, 3.8) is 0 Å². The highest BCUT2D eigenvalue weighted by molar-refractivity contribution is 5.65. The minimum atomic E-state index is -0.881. The van der Waals surface area contributed by atoms with Crippen LogP contribution in [0.25, 0.3) is 0 Å². The predicted octanol–water partition coefficient (Wildman–Crippen LogP) is 0.220. The molecule has 0 radical (unpaired) electrons. The first-order valence-electron chi connectivity index (χ1n) is 4.79. The molecule has 0 unspecified atom stereocenters. The maximum atomic E-state index is 10.5. The second-order valence-electron chi connectivity index (χ2n) is 3.50. The molecule has 0 aliphatic heterocycles. The van der Waals surface area contributed by atoms with E-state index in [0.717, 1.165) is 0 Å². The molecule has 0 bridgehead atoms. The van der Waals surface area contributed by atoms with Gasteiger partial charge < -0.3 is 25.7 Å². The van der Waals surface area contributed by atoms with Crippen molar-refractivity contribution in [2.24, 2.45) is 16.9 Å². The van der Waals surface area contributed by atoms with Crippen molar-refractivity contribution in [3.05, 3.63) is 0 Å². The van der Waals surface area contributed by atoms with Gasteiger partial charge in [0.2, 0.25) is 0 Å². The third kappa shape index (κ3) is 5.40. The minimum Gasteiger partial charge on any atom is -0.449 e. The van der Waals surface area contributed by atoms with Gasteiger partial charge in [-0.2, -0.15) is 0 Å². The average Bonchev–Trinajstić information content (AvgIpc) is 2.22. The first-order chi connectivity index (χ1) is 7.45. The van der Waals surface area contributed by atoms with Gasteiger partial charge in [-0.15, -0.1) is 0 Å². The molecule has 0 heterocycles. The molecule has 0 saturated carbocycles. The number of hydrogen-bond donors (Lipinski definition) is 2. The van der Waals surface area contributed by atoms with Crippen molar-refractivity contribution in [3.8, 4) is 0 Å². The van der Waals surface area contributed by atoms with Gasteiger partial charge in [0.1, 0.15) is 13.2 Å². The van der Waals surface area contributed by atoms with Gasteiger partial charge in [0.05, 0.1) is 12.0 Å².